The van der Waals surface area contributed by atoms with Crippen molar-refractivity contribution >= 4 is 40.9 Å². The molecule has 0 saturated carbocycles. The minimum Gasteiger partial charge on any atom is -0.357 e. The Hall–Kier alpha value is -0.910. The van der Waals surface area contributed by atoms with E-state index < -0.39 is 0 Å². The number of hydrogen-bond donors (Lipinski definition) is 1. The molecule has 1 N–H and O–H groups in total. The SMILES string of the molecule is CNc1nnc(SCc2ccc(Cl)cc2Cl)n1C. The molecule has 2 aromatic rings. The van der Waals surface area contributed by atoms with Crippen LogP contribution in [-0.4, -0.2) is 21.8 Å². The molecule has 0 radical (unpaired) electrons. The van der Waals surface area contributed by atoms with Gasteiger partial charge in [-0.05, 0) is 17.7 Å². The fraction of sp³-hybridized carbons (Fsp3) is 0.273. The Bertz CT molecular complexity index is 556. The van der Waals surface area contributed by atoms with Gasteiger partial charge in [-0.2, -0.15) is 0 Å². The number of nitrogens with zero attached hydrogens (tertiary/aromatic N) is 3. The van der Waals surface area contributed by atoms with E-state index >= 15 is 0 Å². The zero-order chi connectivity index (χ0) is 13.1. The second-order valence-electron chi connectivity index (χ2n) is 3.64. The first-order valence-corrected chi connectivity index (χ1v) is 7.00. The van der Waals surface area contributed by atoms with Crippen LogP contribution in [0.3, 0.4) is 0 Å². The normalized spacial score (nSPS) is 10.7. The summed E-state index contributed by atoms with van der Waals surface area (Å²) in [7, 11) is 3.73. The van der Waals surface area contributed by atoms with Crippen molar-refractivity contribution in [1.82, 2.24) is 14.8 Å². The van der Waals surface area contributed by atoms with Crippen molar-refractivity contribution in [2.45, 2.75) is 10.9 Å². The summed E-state index contributed by atoms with van der Waals surface area (Å²) in [4.78, 5) is 0. The van der Waals surface area contributed by atoms with Crippen LogP contribution in [0.1, 0.15) is 5.56 Å². The van der Waals surface area contributed by atoms with E-state index in [-0.39, 0.29) is 0 Å². The molecule has 7 heteroatoms. The first-order valence-electron chi connectivity index (χ1n) is 5.25. The lowest BCUT2D eigenvalue weighted by Gasteiger charge is -2.05. The highest BCUT2D eigenvalue weighted by Crippen LogP contribution is 2.28. The van der Waals surface area contributed by atoms with E-state index in [2.05, 4.69) is 15.5 Å². The summed E-state index contributed by atoms with van der Waals surface area (Å²) in [6.07, 6.45) is 0. The lowest BCUT2D eigenvalue weighted by atomic mass is 10.2. The lowest BCUT2D eigenvalue weighted by Crippen LogP contribution is -1.99. The Morgan fingerprint density at radius 1 is 1.33 bits per heavy atom. The smallest absolute Gasteiger partial charge is 0.224 e. The maximum Gasteiger partial charge on any atom is 0.224 e. The largest absolute Gasteiger partial charge is 0.357 e. The van der Waals surface area contributed by atoms with E-state index in [1.54, 1.807) is 17.8 Å². The molecule has 0 aliphatic heterocycles. The van der Waals surface area contributed by atoms with Crippen molar-refractivity contribution in [3.8, 4) is 0 Å². The van der Waals surface area contributed by atoms with Gasteiger partial charge in [0.1, 0.15) is 0 Å². The number of anilines is 1. The molecule has 1 heterocycles. The minimum absolute atomic E-state index is 0.643. The number of nitrogens with one attached hydrogen (secondary N) is 1. The molecule has 1 aromatic heterocycles. The van der Waals surface area contributed by atoms with Crippen LogP contribution in [0.5, 0.6) is 0 Å². The average Bonchev–Trinajstić information content (AvgIpc) is 2.69. The number of rotatable bonds is 4. The molecule has 0 unspecified atom stereocenters. The van der Waals surface area contributed by atoms with Crippen LogP contribution in [-0.2, 0) is 12.8 Å². The van der Waals surface area contributed by atoms with Gasteiger partial charge in [0.25, 0.3) is 0 Å². The molecule has 0 aliphatic rings. The maximum atomic E-state index is 6.12. The van der Waals surface area contributed by atoms with E-state index in [0.29, 0.717) is 10.0 Å². The van der Waals surface area contributed by atoms with Gasteiger partial charge in [-0.25, -0.2) is 0 Å². The first kappa shape index (κ1) is 13.5. The zero-order valence-corrected chi connectivity index (χ0v) is 12.3. The molecule has 0 bridgehead atoms. The van der Waals surface area contributed by atoms with Gasteiger partial charge in [0.2, 0.25) is 5.95 Å². The molecule has 2 rings (SSSR count). The fourth-order valence-electron chi connectivity index (χ4n) is 1.44. The average molecular weight is 303 g/mol. The number of aromatic nitrogens is 3. The predicted molar refractivity (Wildman–Crippen MR) is 76.6 cm³/mol. The van der Waals surface area contributed by atoms with Gasteiger partial charge < -0.3 is 5.32 Å². The first-order chi connectivity index (χ1) is 8.61. The van der Waals surface area contributed by atoms with Crippen molar-refractivity contribution in [2.24, 2.45) is 7.05 Å². The number of halogens is 2. The second kappa shape index (κ2) is 5.82. The Morgan fingerprint density at radius 2 is 2.11 bits per heavy atom. The Kier molecular flexibility index (Phi) is 4.37. The molecule has 18 heavy (non-hydrogen) atoms. The van der Waals surface area contributed by atoms with Gasteiger partial charge in [-0.15, -0.1) is 10.2 Å². The van der Waals surface area contributed by atoms with E-state index in [4.69, 9.17) is 23.2 Å². The Balaban J connectivity index is 2.09. The molecular weight excluding hydrogens is 291 g/mol. The van der Waals surface area contributed by atoms with Crippen molar-refractivity contribution < 1.29 is 0 Å². The Morgan fingerprint density at radius 3 is 2.72 bits per heavy atom. The van der Waals surface area contributed by atoms with E-state index in [9.17, 15) is 0 Å². The maximum absolute atomic E-state index is 6.12. The minimum atomic E-state index is 0.643. The quantitative estimate of drug-likeness (QED) is 0.879. The molecular formula is C11H12Cl2N4S. The van der Waals surface area contributed by atoms with E-state index in [1.807, 2.05) is 30.8 Å². The second-order valence-corrected chi connectivity index (χ2v) is 5.43. The topological polar surface area (TPSA) is 42.7 Å². The summed E-state index contributed by atoms with van der Waals surface area (Å²) < 4.78 is 1.90. The fourth-order valence-corrected chi connectivity index (χ4v) is 2.91. The van der Waals surface area contributed by atoms with Crippen molar-refractivity contribution in [1.29, 1.82) is 0 Å². The molecule has 0 amide bonds. The van der Waals surface area contributed by atoms with Gasteiger partial charge >= 0.3 is 0 Å². The predicted octanol–water partition coefficient (Wildman–Crippen LogP) is 3.46. The highest BCUT2D eigenvalue weighted by atomic mass is 35.5. The van der Waals surface area contributed by atoms with Crippen molar-refractivity contribution in [3.63, 3.8) is 0 Å². The van der Waals surface area contributed by atoms with Gasteiger partial charge in [0.15, 0.2) is 5.16 Å². The molecule has 0 spiro atoms. The van der Waals surface area contributed by atoms with Crippen LogP contribution in [0.25, 0.3) is 0 Å². The van der Waals surface area contributed by atoms with E-state index in [1.165, 1.54) is 0 Å². The highest BCUT2D eigenvalue weighted by molar-refractivity contribution is 7.98. The van der Waals surface area contributed by atoms with E-state index in [0.717, 1.165) is 22.4 Å². The van der Waals surface area contributed by atoms with Crippen LogP contribution in [0.2, 0.25) is 10.0 Å². The Labute approximate surface area is 120 Å². The van der Waals surface area contributed by atoms with Crippen LogP contribution in [0.4, 0.5) is 5.95 Å². The third-order valence-electron chi connectivity index (χ3n) is 2.43. The van der Waals surface area contributed by atoms with Crippen molar-refractivity contribution in [3.05, 3.63) is 33.8 Å². The lowest BCUT2D eigenvalue weighted by molar-refractivity contribution is 0.793. The molecule has 0 fully saturated rings. The van der Waals surface area contributed by atoms with Gasteiger partial charge in [-0.1, -0.05) is 41.0 Å². The van der Waals surface area contributed by atoms with Crippen LogP contribution < -0.4 is 5.32 Å². The van der Waals surface area contributed by atoms with Gasteiger partial charge in [0, 0.05) is 29.9 Å². The molecule has 0 aliphatic carbocycles. The molecule has 4 nitrogen and oxygen atoms in total. The summed E-state index contributed by atoms with van der Waals surface area (Å²) in [6, 6.07) is 5.50. The van der Waals surface area contributed by atoms with Crippen LogP contribution >= 0.6 is 35.0 Å². The highest BCUT2D eigenvalue weighted by Gasteiger charge is 2.09. The number of benzene rings is 1. The van der Waals surface area contributed by atoms with Gasteiger partial charge in [-0.3, -0.25) is 4.57 Å². The zero-order valence-electron chi connectivity index (χ0n) is 9.94. The third kappa shape index (κ3) is 2.91. The summed E-state index contributed by atoms with van der Waals surface area (Å²) in [5, 5.41) is 13.2. The molecule has 0 atom stereocenters. The molecule has 1 aromatic carbocycles. The van der Waals surface area contributed by atoms with Crippen LogP contribution in [0.15, 0.2) is 23.4 Å². The molecule has 96 valence electrons. The monoisotopic (exact) mass is 302 g/mol. The van der Waals surface area contributed by atoms with Gasteiger partial charge in [0.05, 0.1) is 0 Å². The summed E-state index contributed by atoms with van der Waals surface area (Å²) in [6.45, 7) is 0. The summed E-state index contributed by atoms with van der Waals surface area (Å²) in [5.74, 6) is 1.46. The summed E-state index contributed by atoms with van der Waals surface area (Å²) >= 11 is 13.5. The number of hydrogen-bond acceptors (Lipinski definition) is 4. The van der Waals surface area contributed by atoms with Crippen LogP contribution in [0, 0.1) is 0 Å². The summed E-state index contributed by atoms with van der Waals surface area (Å²) in [5.41, 5.74) is 1.03. The third-order valence-corrected chi connectivity index (χ3v) is 4.09. The number of thioether (sulfide) groups is 1. The van der Waals surface area contributed by atoms with Crippen molar-refractivity contribution in [2.75, 3.05) is 12.4 Å². The standard InChI is InChI=1S/C11H12Cl2N4S/c1-14-10-15-16-11(17(10)2)18-6-7-3-4-8(12)5-9(7)13/h3-5H,6H2,1-2H3,(H,14,15). The molecule has 0 saturated heterocycles.